The molecule has 0 spiro atoms. The van der Waals surface area contributed by atoms with Crippen molar-refractivity contribution in [1.29, 1.82) is 0 Å². The Morgan fingerprint density at radius 1 is 0.893 bits per heavy atom. The SMILES string of the molecule is COc1ccc(OC)c(Nc2ccc(NC(=O)c3ccccc3OC)nc2)c1. The molecule has 3 aromatic rings. The Labute approximate surface area is 163 Å². The molecule has 7 nitrogen and oxygen atoms in total. The molecule has 0 atom stereocenters. The summed E-state index contributed by atoms with van der Waals surface area (Å²) in [5.74, 6) is 2.02. The van der Waals surface area contributed by atoms with Gasteiger partial charge in [-0.05, 0) is 36.4 Å². The lowest BCUT2D eigenvalue weighted by Crippen LogP contribution is -2.14. The van der Waals surface area contributed by atoms with Crippen molar-refractivity contribution < 1.29 is 19.0 Å². The molecule has 1 aromatic heterocycles. The minimum Gasteiger partial charge on any atom is -0.497 e. The minimum absolute atomic E-state index is 0.292. The molecule has 7 heteroatoms. The number of carbonyl (C=O) groups is 1. The Hall–Kier alpha value is -3.74. The number of carbonyl (C=O) groups excluding carboxylic acids is 1. The topological polar surface area (TPSA) is 81.7 Å². The van der Waals surface area contributed by atoms with Gasteiger partial charge in [0.1, 0.15) is 23.1 Å². The zero-order valence-electron chi connectivity index (χ0n) is 15.9. The molecule has 0 aliphatic rings. The highest BCUT2D eigenvalue weighted by Crippen LogP contribution is 2.31. The zero-order chi connectivity index (χ0) is 19.9. The van der Waals surface area contributed by atoms with Gasteiger partial charge in [0.05, 0.1) is 44.5 Å². The molecule has 0 fully saturated rings. The van der Waals surface area contributed by atoms with Crippen LogP contribution in [0.25, 0.3) is 0 Å². The number of amides is 1. The molecule has 2 N–H and O–H groups in total. The van der Waals surface area contributed by atoms with Crippen LogP contribution in [-0.4, -0.2) is 32.2 Å². The Kier molecular flexibility index (Phi) is 5.96. The number of anilines is 3. The maximum atomic E-state index is 12.4. The predicted octanol–water partition coefficient (Wildman–Crippen LogP) is 4.10. The van der Waals surface area contributed by atoms with Crippen LogP contribution in [0.4, 0.5) is 17.2 Å². The molecule has 28 heavy (non-hydrogen) atoms. The summed E-state index contributed by atoms with van der Waals surface area (Å²) in [6, 6.07) is 16.0. The smallest absolute Gasteiger partial charge is 0.260 e. The maximum absolute atomic E-state index is 12.4. The fourth-order valence-corrected chi connectivity index (χ4v) is 2.62. The number of para-hydroxylation sites is 1. The van der Waals surface area contributed by atoms with E-state index in [9.17, 15) is 4.79 Å². The van der Waals surface area contributed by atoms with E-state index in [0.29, 0.717) is 28.6 Å². The normalized spacial score (nSPS) is 10.1. The lowest BCUT2D eigenvalue weighted by Gasteiger charge is -2.13. The number of nitrogens with one attached hydrogen (secondary N) is 2. The van der Waals surface area contributed by atoms with Crippen molar-refractivity contribution in [2.24, 2.45) is 0 Å². The van der Waals surface area contributed by atoms with Gasteiger partial charge in [0.25, 0.3) is 5.91 Å². The van der Waals surface area contributed by atoms with Gasteiger partial charge in [-0.3, -0.25) is 4.79 Å². The first-order valence-electron chi connectivity index (χ1n) is 8.54. The number of ether oxygens (including phenoxy) is 3. The van der Waals surface area contributed by atoms with Crippen LogP contribution in [0.2, 0.25) is 0 Å². The fourth-order valence-electron chi connectivity index (χ4n) is 2.62. The number of methoxy groups -OCH3 is 3. The van der Waals surface area contributed by atoms with E-state index in [1.807, 2.05) is 24.3 Å². The van der Waals surface area contributed by atoms with Crippen LogP contribution in [-0.2, 0) is 0 Å². The number of benzene rings is 2. The Bertz CT molecular complexity index is 958. The molecule has 0 saturated heterocycles. The average Bonchev–Trinajstić information content (AvgIpc) is 2.75. The molecule has 144 valence electrons. The van der Waals surface area contributed by atoms with Gasteiger partial charge in [-0.1, -0.05) is 12.1 Å². The summed E-state index contributed by atoms with van der Waals surface area (Å²) in [4.78, 5) is 16.7. The molecule has 1 heterocycles. The average molecular weight is 379 g/mol. The fraction of sp³-hybridized carbons (Fsp3) is 0.143. The van der Waals surface area contributed by atoms with Crippen LogP contribution < -0.4 is 24.8 Å². The van der Waals surface area contributed by atoms with Gasteiger partial charge in [-0.15, -0.1) is 0 Å². The maximum Gasteiger partial charge on any atom is 0.260 e. The standard InChI is InChI=1S/C21H21N3O4/c1-26-15-9-10-19(28-3)17(12-15)23-14-8-11-20(22-13-14)24-21(25)16-6-4-5-7-18(16)27-2/h4-13,23H,1-3H3,(H,22,24,25). The van der Waals surface area contributed by atoms with Gasteiger partial charge in [-0.25, -0.2) is 4.98 Å². The molecule has 0 aliphatic heterocycles. The highest BCUT2D eigenvalue weighted by atomic mass is 16.5. The van der Waals surface area contributed by atoms with Crippen LogP contribution in [0.3, 0.4) is 0 Å². The summed E-state index contributed by atoms with van der Waals surface area (Å²) in [6.07, 6.45) is 1.62. The van der Waals surface area contributed by atoms with Gasteiger partial charge < -0.3 is 24.8 Å². The second kappa shape index (κ2) is 8.77. The van der Waals surface area contributed by atoms with E-state index >= 15 is 0 Å². The molecule has 2 aromatic carbocycles. The number of hydrogen-bond donors (Lipinski definition) is 2. The molecule has 0 bridgehead atoms. The molecule has 1 amide bonds. The van der Waals surface area contributed by atoms with Crippen molar-refractivity contribution in [3.05, 3.63) is 66.4 Å². The molecule has 0 radical (unpaired) electrons. The van der Waals surface area contributed by atoms with Gasteiger partial charge in [0.2, 0.25) is 0 Å². The first kappa shape index (κ1) is 19.0. The lowest BCUT2D eigenvalue weighted by molar-refractivity contribution is 0.102. The van der Waals surface area contributed by atoms with Crippen molar-refractivity contribution in [3.8, 4) is 17.2 Å². The zero-order valence-corrected chi connectivity index (χ0v) is 15.9. The number of aromatic nitrogens is 1. The first-order chi connectivity index (χ1) is 13.6. The van der Waals surface area contributed by atoms with E-state index < -0.39 is 0 Å². The van der Waals surface area contributed by atoms with Crippen LogP contribution in [0.5, 0.6) is 17.2 Å². The third-order valence-corrected chi connectivity index (χ3v) is 4.04. The van der Waals surface area contributed by atoms with Crippen LogP contribution in [0.1, 0.15) is 10.4 Å². The quantitative estimate of drug-likeness (QED) is 0.643. The Balaban J connectivity index is 1.73. The molecule has 0 unspecified atom stereocenters. The van der Waals surface area contributed by atoms with Crippen molar-refractivity contribution in [2.45, 2.75) is 0 Å². The van der Waals surface area contributed by atoms with E-state index in [-0.39, 0.29) is 5.91 Å². The molecular weight excluding hydrogens is 358 g/mol. The largest absolute Gasteiger partial charge is 0.497 e. The highest BCUT2D eigenvalue weighted by molar-refractivity contribution is 6.05. The summed E-state index contributed by atoms with van der Waals surface area (Å²) in [6.45, 7) is 0. The van der Waals surface area contributed by atoms with Crippen LogP contribution >= 0.6 is 0 Å². The summed E-state index contributed by atoms with van der Waals surface area (Å²) in [7, 11) is 4.73. The summed E-state index contributed by atoms with van der Waals surface area (Å²) in [5, 5.41) is 5.99. The van der Waals surface area contributed by atoms with Crippen molar-refractivity contribution >= 4 is 23.1 Å². The van der Waals surface area contributed by atoms with Crippen molar-refractivity contribution in [3.63, 3.8) is 0 Å². The van der Waals surface area contributed by atoms with E-state index in [0.717, 1.165) is 11.4 Å². The third-order valence-electron chi connectivity index (χ3n) is 4.04. The lowest BCUT2D eigenvalue weighted by atomic mass is 10.2. The van der Waals surface area contributed by atoms with E-state index in [1.54, 1.807) is 50.7 Å². The number of hydrogen-bond acceptors (Lipinski definition) is 6. The number of rotatable bonds is 7. The Morgan fingerprint density at radius 3 is 2.36 bits per heavy atom. The van der Waals surface area contributed by atoms with Gasteiger partial charge in [-0.2, -0.15) is 0 Å². The Morgan fingerprint density at radius 2 is 1.68 bits per heavy atom. The second-order valence-corrected chi connectivity index (χ2v) is 5.78. The number of pyridine rings is 1. The summed E-state index contributed by atoms with van der Waals surface area (Å²) >= 11 is 0. The van der Waals surface area contributed by atoms with Gasteiger partial charge in [0.15, 0.2) is 0 Å². The van der Waals surface area contributed by atoms with Crippen LogP contribution in [0, 0.1) is 0 Å². The highest BCUT2D eigenvalue weighted by Gasteiger charge is 2.12. The predicted molar refractivity (Wildman–Crippen MR) is 108 cm³/mol. The van der Waals surface area contributed by atoms with E-state index in [1.165, 1.54) is 7.11 Å². The van der Waals surface area contributed by atoms with E-state index in [2.05, 4.69) is 15.6 Å². The molecule has 0 aliphatic carbocycles. The van der Waals surface area contributed by atoms with Crippen LogP contribution in [0.15, 0.2) is 60.8 Å². The van der Waals surface area contributed by atoms with Gasteiger partial charge >= 0.3 is 0 Å². The number of nitrogens with zero attached hydrogens (tertiary/aromatic N) is 1. The first-order valence-corrected chi connectivity index (χ1v) is 8.54. The third kappa shape index (κ3) is 4.32. The summed E-state index contributed by atoms with van der Waals surface area (Å²) in [5.41, 5.74) is 1.92. The van der Waals surface area contributed by atoms with Gasteiger partial charge in [0, 0.05) is 6.07 Å². The van der Waals surface area contributed by atoms with Crippen molar-refractivity contribution in [2.75, 3.05) is 32.0 Å². The van der Waals surface area contributed by atoms with Crippen molar-refractivity contribution in [1.82, 2.24) is 4.98 Å². The molecule has 0 saturated carbocycles. The second-order valence-electron chi connectivity index (χ2n) is 5.78. The molecular formula is C21H21N3O4. The van der Waals surface area contributed by atoms with E-state index in [4.69, 9.17) is 14.2 Å². The minimum atomic E-state index is -0.292. The molecule has 3 rings (SSSR count). The monoisotopic (exact) mass is 379 g/mol. The summed E-state index contributed by atoms with van der Waals surface area (Å²) < 4.78 is 15.8.